The van der Waals surface area contributed by atoms with E-state index in [9.17, 15) is 9.59 Å². The maximum absolute atomic E-state index is 13.1. The van der Waals surface area contributed by atoms with Gasteiger partial charge < -0.3 is 9.47 Å². The summed E-state index contributed by atoms with van der Waals surface area (Å²) in [5.74, 6) is -0.523. The van der Waals surface area contributed by atoms with E-state index >= 15 is 0 Å². The van der Waals surface area contributed by atoms with E-state index in [1.807, 2.05) is 57.2 Å². The third kappa shape index (κ3) is 5.11. The summed E-state index contributed by atoms with van der Waals surface area (Å²) in [5, 5.41) is 0. The van der Waals surface area contributed by atoms with Gasteiger partial charge in [-0.05, 0) is 60.7 Å². The van der Waals surface area contributed by atoms with Crippen molar-refractivity contribution >= 4 is 12.1 Å². The van der Waals surface area contributed by atoms with Crippen molar-refractivity contribution in [2.75, 3.05) is 13.7 Å². The number of nitrogens with zero attached hydrogens (tertiary/aromatic N) is 2. The van der Waals surface area contributed by atoms with Crippen LogP contribution in [0.25, 0.3) is 11.1 Å². The normalized spacial score (nSPS) is 13.5. The molecule has 0 spiro atoms. The minimum Gasteiger partial charge on any atom is -0.458 e. The summed E-state index contributed by atoms with van der Waals surface area (Å²) in [6, 6.07) is 19.2. The molecule has 0 saturated heterocycles. The number of likely N-dealkylation sites (N-methyl/N-ethyl adjacent to an activating group) is 1. The molecule has 0 aliphatic heterocycles. The molecule has 176 valence electrons. The monoisotopic (exact) mass is 458 g/mol. The van der Waals surface area contributed by atoms with Crippen molar-refractivity contribution < 1.29 is 19.1 Å². The summed E-state index contributed by atoms with van der Waals surface area (Å²) < 4.78 is 11.4. The molecule has 1 unspecified atom stereocenters. The number of amides is 1. The van der Waals surface area contributed by atoms with Crippen molar-refractivity contribution in [3.05, 3.63) is 89.7 Å². The van der Waals surface area contributed by atoms with Crippen molar-refractivity contribution in [2.45, 2.75) is 44.8 Å². The molecule has 1 amide bonds. The summed E-state index contributed by atoms with van der Waals surface area (Å²) in [6.07, 6.45) is 3.06. The Balaban J connectivity index is 1.51. The number of carbonyl (C=O) groups excluding carboxylic acids is 2. The first-order valence-corrected chi connectivity index (χ1v) is 11.4. The topological polar surface area (TPSA) is 68.7 Å². The van der Waals surface area contributed by atoms with Gasteiger partial charge in [0.1, 0.15) is 18.2 Å². The number of benzene rings is 2. The Morgan fingerprint density at radius 3 is 2.06 bits per heavy atom. The second-order valence-electron chi connectivity index (χ2n) is 9.52. The quantitative estimate of drug-likeness (QED) is 0.474. The van der Waals surface area contributed by atoms with Crippen LogP contribution in [0.3, 0.4) is 0 Å². The molecule has 0 N–H and O–H groups in total. The number of esters is 1. The Morgan fingerprint density at radius 2 is 1.50 bits per heavy atom. The molecule has 1 aliphatic carbocycles. The van der Waals surface area contributed by atoms with Crippen molar-refractivity contribution in [3.8, 4) is 11.1 Å². The first-order valence-electron chi connectivity index (χ1n) is 11.4. The van der Waals surface area contributed by atoms with Crippen molar-refractivity contribution in [3.63, 3.8) is 0 Å². The van der Waals surface area contributed by atoms with Gasteiger partial charge in [-0.25, -0.2) is 9.59 Å². The molecule has 0 fully saturated rings. The predicted octanol–water partition coefficient (Wildman–Crippen LogP) is 5.22. The van der Waals surface area contributed by atoms with E-state index in [1.165, 1.54) is 4.90 Å². The Kier molecular flexibility index (Phi) is 6.68. The van der Waals surface area contributed by atoms with Crippen LogP contribution in [0.5, 0.6) is 0 Å². The molecule has 6 nitrogen and oxygen atoms in total. The predicted molar refractivity (Wildman–Crippen MR) is 130 cm³/mol. The van der Waals surface area contributed by atoms with Gasteiger partial charge in [0.05, 0.1) is 0 Å². The zero-order valence-corrected chi connectivity index (χ0v) is 20.0. The van der Waals surface area contributed by atoms with E-state index < -0.39 is 23.7 Å². The average Bonchev–Trinajstić information content (AvgIpc) is 3.14. The number of ether oxygens (including phenoxy) is 2. The molecule has 0 saturated carbocycles. The average molecular weight is 459 g/mol. The summed E-state index contributed by atoms with van der Waals surface area (Å²) in [7, 11) is 1.58. The fourth-order valence-electron chi connectivity index (χ4n) is 4.31. The van der Waals surface area contributed by atoms with Gasteiger partial charge in [0.15, 0.2) is 0 Å². The summed E-state index contributed by atoms with van der Waals surface area (Å²) in [6.45, 7) is 5.61. The minimum atomic E-state index is -0.822. The van der Waals surface area contributed by atoms with E-state index in [0.717, 1.165) is 27.8 Å². The standard InChI is InChI=1S/C28H30N2O4/c1-28(2,3)34-26(31)25(17-19-13-15-29-16-14-19)30(4)27(32)33-18-24-22-11-7-5-9-20(22)21-10-6-8-12-23(21)24/h5-16,24-25H,17-18H2,1-4H3. The maximum atomic E-state index is 13.1. The number of hydrogen-bond acceptors (Lipinski definition) is 5. The first kappa shape index (κ1) is 23.5. The van der Waals surface area contributed by atoms with Gasteiger partial charge >= 0.3 is 12.1 Å². The van der Waals surface area contributed by atoms with Gasteiger partial charge in [0.25, 0.3) is 0 Å². The van der Waals surface area contributed by atoms with Crippen molar-refractivity contribution in [1.29, 1.82) is 0 Å². The molecule has 3 aromatic rings. The Labute approximate surface area is 200 Å². The molecule has 4 rings (SSSR count). The first-order chi connectivity index (χ1) is 16.2. The SMILES string of the molecule is CN(C(=O)OCC1c2ccccc2-c2ccccc21)C(Cc1ccncc1)C(=O)OC(C)(C)C. The van der Waals surface area contributed by atoms with E-state index in [2.05, 4.69) is 29.2 Å². The smallest absolute Gasteiger partial charge is 0.410 e. The second-order valence-corrected chi connectivity index (χ2v) is 9.52. The second kappa shape index (κ2) is 9.67. The van der Waals surface area contributed by atoms with E-state index in [1.54, 1.807) is 19.4 Å². The third-order valence-electron chi connectivity index (χ3n) is 5.95. The maximum Gasteiger partial charge on any atom is 0.410 e. The number of fused-ring (bicyclic) bond motifs is 3. The molecule has 6 heteroatoms. The lowest BCUT2D eigenvalue weighted by atomic mass is 9.98. The Hall–Kier alpha value is -3.67. The van der Waals surface area contributed by atoms with Crippen LogP contribution in [0.1, 0.15) is 43.4 Å². The Bertz CT molecular complexity index is 1120. The summed E-state index contributed by atoms with van der Waals surface area (Å²) in [5.41, 5.74) is 4.81. The highest BCUT2D eigenvalue weighted by Crippen LogP contribution is 2.44. The van der Waals surface area contributed by atoms with Gasteiger partial charge in [-0.2, -0.15) is 0 Å². The lowest BCUT2D eigenvalue weighted by Gasteiger charge is -2.30. The zero-order chi connectivity index (χ0) is 24.3. The molecule has 1 atom stereocenters. The lowest BCUT2D eigenvalue weighted by Crippen LogP contribution is -2.47. The number of carbonyl (C=O) groups is 2. The van der Waals surface area contributed by atoms with Gasteiger partial charge in [-0.3, -0.25) is 9.88 Å². The Morgan fingerprint density at radius 1 is 0.941 bits per heavy atom. The van der Waals surface area contributed by atoms with Crippen LogP contribution in [0.4, 0.5) is 4.79 Å². The van der Waals surface area contributed by atoms with Gasteiger partial charge in [0.2, 0.25) is 0 Å². The fourth-order valence-corrected chi connectivity index (χ4v) is 4.31. The number of aromatic nitrogens is 1. The molecule has 0 bridgehead atoms. The van der Waals surface area contributed by atoms with Crippen LogP contribution in [0.15, 0.2) is 73.1 Å². The van der Waals surface area contributed by atoms with Crippen LogP contribution < -0.4 is 0 Å². The molecule has 2 aromatic carbocycles. The highest BCUT2D eigenvalue weighted by molar-refractivity contribution is 5.82. The van der Waals surface area contributed by atoms with E-state index in [0.29, 0.717) is 6.42 Å². The summed E-state index contributed by atoms with van der Waals surface area (Å²) in [4.78, 5) is 31.5. The lowest BCUT2D eigenvalue weighted by molar-refractivity contribution is -0.160. The minimum absolute atomic E-state index is 0.0510. The highest BCUT2D eigenvalue weighted by Gasteiger charge is 2.34. The molecule has 1 aromatic heterocycles. The molecule has 1 aliphatic rings. The number of rotatable bonds is 6. The zero-order valence-electron chi connectivity index (χ0n) is 20.0. The van der Waals surface area contributed by atoms with Crippen LogP contribution in [0, 0.1) is 0 Å². The molecular formula is C28H30N2O4. The van der Waals surface area contributed by atoms with Gasteiger partial charge in [-0.15, -0.1) is 0 Å². The van der Waals surface area contributed by atoms with Crippen LogP contribution in [0.2, 0.25) is 0 Å². The van der Waals surface area contributed by atoms with Crippen LogP contribution in [-0.2, 0) is 20.7 Å². The number of pyridine rings is 1. The molecule has 0 radical (unpaired) electrons. The third-order valence-corrected chi connectivity index (χ3v) is 5.95. The highest BCUT2D eigenvalue weighted by atomic mass is 16.6. The largest absolute Gasteiger partial charge is 0.458 e. The molecular weight excluding hydrogens is 428 g/mol. The summed E-state index contributed by atoms with van der Waals surface area (Å²) >= 11 is 0. The number of hydrogen-bond donors (Lipinski definition) is 0. The van der Waals surface area contributed by atoms with Crippen molar-refractivity contribution in [2.24, 2.45) is 0 Å². The van der Waals surface area contributed by atoms with E-state index in [-0.39, 0.29) is 12.5 Å². The van der Waals surface area contributed by atoms with Crippen LogP contribution in [-0.4, -0.2) is 47.2 Å². The van der Waals surface area contributed by atoms with Gasteiger partial charge in [-0.1, -0.05) is 48.5 Å². The van der Waals surface area contributed by atoms with E-state index in [4.69, 9.17) is 9.47 Å². The van der Waals surface area contributed by atoms with Crippen LogP contribution >= 0.6 is 0 Å². The molecule has 1 heterocycles. The van der Waals surface area contributed by atoms with Gasteiger partial charge in [0, 0.05) is 31.8 Å². The molecule has 34 heavy (non-hydrogen) atoms. The van der Waals surface area contributed by atoms with Crippen molar-refractivity contribution in [1.82, 2.24) is 9.88 Å². The fraction of sp³-hybridized carbons (Fsp3) is 0.321.